The first kappa shape index (κ1) is 28.8. The third-order valence-corrected chi connectivity index (χ3v) is 5.90. The highest BCUT2D eigenvalue weighted by molar-refractivity contribution is 6.06. The van der Waals surface area contributed by atoms with Gasteiger partial charge in [0.2, 0.25) is 0 Å². The Balaban J connectivity index is 1.65. The van der Waals surface area contributed by atoms with Crippen LogP contribution >= 0.6 is 0 Å². The maximum Gasteiger partial charge on any atom is 0.338 e. The summed E-state index contributed by atoms with van der Waals surface area (Å²) in [7, 11) is 0. The molecule has 38 heavy (non-hydrogen) atoms. The Morgan fingerprint density at radius 1 is 0.605 bits per heavy atom. The number of rotatable bonds is 6. The van der Waals surface area contributed by atoms with Crippen molar-refractivity contribution in [2.45, 2.75) is 13.8 Å². The van der Waals surface area contributed by atoms with Gasteiger partial charge in [-0.15, -0.1) is 0 Å². The van der Waals surface area contributed by atoms with Crippen LogP contribution in [0, 0.1) is 0 Å². The minimum atomic E-state index is -0.549. The van der Waals surface area contributed by atoms with Gasteiger partial charge in [-0.1, -0.05) is 24.3 Å². The van der Waals surface area contributed by atoms with Crippen LogP contribution in [0.15, 0.2) is 48.5 Å². The lowest BCUT2D eigenvalue weighted by Crippen LogP contribution is -2.41. The molecule has 1 fully saturated rings. The van der Waals surface area contributed by atoms with E-state index >= 15 is 0 Å². The van der Waals surface area contributed by atoms with Crippen LogP contribution in [0.3, 0.4) is 0 Å². The van der Waals surface area contributed by atoms with E-state index in [1.807, 2.05) is 0 Å². The molecule has 0 aromatic heterocycles. The largest absolute Gasteiger partial charge is 0.462 e. The third kappa shape index (κ3) is 7.62. The molecule has 10 nitrogen and oxygen atoms in total. The minimum Gasteiger partial charge on any atom is -0.462 e. The smallest absolute Gasteiger partial charge is 0.338 e. The van der Waals surface area contributed by atoms with Crippen LogP contribution in [0.25, 0.3) is 0 Å². The van der Waals surface area contributed by atoms with Gasteiger partial charge in [0.05, 0.1) is 61.9 Å². The monoisotopic (exact) mass is 526 g/mol. The zero-order chi connectivity index (χ0) is 27.3. The standard InChI is InChI=1S/C28H34N2O8/c1-3-37-27(33)23-11-7-5-9-21(23)25(31)29-13-17-35-19-15-30(16-20-36-18-14-29)26(32)22-10-6-8-12-24(22)28(34)38-4-2/h5-12H,3-4,13-20H2,1-2H3. The van der Waals surface area contributed by atoms with Gasteiger partial charge in [-0.05, 0) is 38.1 Å². The summed E-state index contributed by atoms with van der Waals surface area (Å²) >= 11 is 0. The summed E-state index contributed by atoms with van der Waals surface area (Å²) in [6, 6.07) is 13.1. The molecule has 0 N–H and O–H groups in total. The molecular formula is C28H34N2O8. The van der Waals surface area contributed by atoms with Crippen LogP contribution in [0.2, 0.25) is 0 Å². The second kappa shape index (κ2) is 14.8. The van der Waals surface area contributed by atoms with Crippen molar-refractivity contribution in [3.8, 4) is 0 Å². The second-order valence-corrected chi connectivity index (χ2v) is 8.34. The minimum absolute atomic E-state index is 0.209. The molecule has 10 heteroatoms. The molecular weight excluding hydrogens is 492 g/mol. The molecule has 3 rings (SSSR count). The summed E-state index contributed by atoms with van der Waals surface area (Å²) in [6.07, 6.45) is 0. The van der Waals surface area contributed by atoms with E-state index in [4.69, 9.17) is 18.9 Å². The van der Waals surface area contributed by atoms with Crippen molar-refractivity contribution < 1.29 is 38.1 Å². The Morgan fingerprint density at radius 3 is 1.24 bits per heavy atom. The van der Waals surface area contributed by atoms with E-state index < -0.39 is 11.9 Å². The zero-order valence-electron chi connectivity index (χ0n) is 21.9. The number of amides is 2. The van der Waals surface area contributed by atoms with Gasteiger partial charge in [0.15, 0.2) is 0 Å². The van der Waals surface area contributed by atoms with Crippen molar-refractivity contribution in [3.63, 3.8) is 0 Å². The van der Waals surface area contributed by atoms with E-state index in [9.17, 15) is 19.2 Å². The number of esters is 2. The number of carbonyl (C=O) groups excluding carboxylic acids is 4. The number of carbonyl (C=O) groups is 4. The SMILES string of the molecule is CCOC(=O)c1ccccc1C(=O)N1CCOCCN(C(=O)c2ccccc2C(=O)OCC)CCOCC1. The topological polar surface area (TPSA) is 112 Å². The van der Waals surface area contributed by atoms with Crippen molar-refractivity contribution in [1.82, 2.24) is 9.80 Å². The highest BCUT2D eigenvalue weighted by Gasteiger charge is 2.25. The molecule has 0 spiro atoms. The number of ether oxygens (including phenoxy) is 4. The molecule has 0 radical (unpaired) electrons. The predicted molar refractivity (Wildman–Crippen MR) is 138 cm³/mol. The number of benzene rings is 2. The molecule has 0 saturated carbocycles. The van der Waals surface area contributed by atoms with Gasteiger partial charge in [0.1, 0.15) is 0 Å². The van der Waals surface area contributed by atoms with Gasteiger partial charge < -0.3 is 28.7 Å². The van der Waals surface area contributed by atoms with Gasteiger partial charge in [-0.3, -0.25) is 9.59 Å². The summed E-state index contributed by atoms with van der Waals surface area (Å²) in [5.74, 6) is -1.73. The maximum atomic E-state index is 13.3. The van der Waals surface area contributed by atoms with Gasteiger partial charge in [0, 0.05) is 26.2 Å². The molecule has 1 heterocycles. The van der Waals surface area contributed by atoms with Gasteiger partial charge in [-0.2, -0.15) is 0 Å². The van der Waals surface area contributed by atoms with E-state index in [2.05, 4.69) is 0 Å². The Labute approximate surface area is 222 Å². The third-order valence-electron chi connectivity index (χ3n) is 5.90. The Bertz CT molecular complexity index is 1020. The van der Waals surface area contributed by atoms with E-state index in [1.165, 1.54) is 0 Å². The van der Waals surface area contributed by atoms with Crippen LogP contribution in [-0.2, 0) is 18.9 Å². The molecule has 0 bridgehead atoms. The second-order valence-electron chi connectivity index (χ2n) is 8.34. The van der Waals surface area contributed by atoms with E-state index in [0.29, 0.717) is 0 Å². The fraction of sp³-hybridized carbons (Fsp3) is 0.429. The predicted octanol–water partition coefficient (Wildman–Crippen LogP) is 2.67. The molecule has 1 aliphatic heterocycles. The average Bonchev–Trinajstić information content (AvgIpc) is 2.93. The number of hydrogen-bond donors (Lipinski definition) is 0. The summed E-state index contributed by atoms with van der Waals surface area (Å²) < 4.78 is 21.7. The summed E-state index contributed by atoms with van der Waals surface area (Å²) in [5, 5.41) is 0. The van der Waals surface area contributed by atoms with Crippen LogP contribution < -0.4 is 0 Å². The van der Waals surface area contributed by atoms with Crippen LogP contribution in [0.4, 0.5) is 0 Å². The summed E-state index contributed by atoms with van der Waals surface area (Å²) in [6.45, 7) is 5.87. The van der Waals surface area contributed by atoms with Gasteiger partial charge >= 0.3 is 11.9 Å². The van der Waals surface area contributed by atoms with Crippen molar-refractivity contribution in [2.75, 3.05) is 65.8 Å². The number of nitrogens with zero attached hydrogens (tertiary/aromatic N) is 2. The first-order valence-electron chi connectivity index (χ1n) is 12.7. The highest BCUT2D eigenvalue weighted by atomic mass is 16.5. The van der Waals surface area contributed by atoms with Crippen LogP contribution in [0.5, 0.6) is 0 Å². The molecule has 0 atom stereocenters. The van der Waals surface area contributed by atoms with Crippen molar-refractivity contribution in [3.05, 3.63) is 70.8 Å². The normalized spacial score (nSPS) is 15.1. The first-order chi connectivity index (χ1) is 18.5. The van der Waals surface area contributed by atoms with Crippen molar-refractivity contribution in [2.24, 2.45) is 0 Å². The zero-order valence-corrected chi connectivity index (χ0v) is 21.9. The fourth-order valence-electron chi connectivity index (χ4n) is 3.99. The van der Waals surface area contributed by atoms with E-state index in [1.54, 1.807) is 72.2 Å². The van der Waals surface area contributed by atoms with E-state index in [-0.39, 0.29) is 99.9 Å². The van der Waals surface area contributed by atoms with Crippen molar-refractivity contribution >= 4 is 23.8 Å². The summed E-state index contributed by atoms with van der Waals surface area (Å²) in [5.41, 5.74) is 0.944. The van der Waals surface area contributed by atoms with Crippen LogP contribution in [0.1, 0.15) is 55.3 Å². The van der Waals surface area contributed by atoms with Gasteiger partial charge in [0.25, 0.3) is 11.8 Å². The Kier molecular flexibility index (Phi) is 11.3. The molecule has 2 amide bonds. The molecule has 2 aromatic rings. The molecule has 2 aromatic carbocycles. The first-order valence-corrected chi connectivity index (χ1v) is 12.7. The van der Waals surface area contributed by atoms with Crippen molar-refractivity contribution in [1.29, 1.82) is 0 Å². The lowest BCUT2D eigenvalue weighted by atomic mass is 10.1. The fourth-order valence-corrected chi connectivity index (χ4v) is 3.99. The lowest BCUT2D eigenvalue weighted by molar-refractivity contribution is 0.0299. The van der Waals surface area contributed by atoms with Gasteiger partial charge in [-0.25, -0.2) is 9.59 Å². The Morgan fingerprint density at radius 2 is 0.921 bits per heavy atom. The lowest BCUT2D eigenvalue weighted by Gasteiger charge is -2.27. The molecule has 0 unspecified atom stereocenters. The quantitative estimate of drug-likeness (QED) is 0.529. The van der Waals surface area contributed by atoms with Crippen LogP contribution in [-0.4, -0.2) is 99.4 Å². The number of hydrogen-bond acceptors (Lipinski definition) is 8. The molecule has 0 aliphatic carbocycles. The highest BCUT2D eigenvalue weighted by Crippen LogP contribution is 2.15. The average molecular weight is 527 g/mol. The Hall–Kier alpha value is -3.76. The molecule has 204 valence electrons. The molecule has 1 aliphatic rings. The van der Waals surface area contributed by atoms with E-state index in [0.717, 1.165) is 0 Å². The molecule has 1 saturated heterocycles. The summed E-state index contributed by atoms with van der Waals surface area (Å²) in [4.78, 5) is 54.4. The maximum absolute atomic E-state index is 13.3.